The van der Waals surface area contributed by atoms with Gasteiger partial charge < -0.3 is 68.7 Å². The first-order chi connectivity index (χ1) is 20.2. The molecule has 0 bridgehead atoms. The van der Waals surface area contributed by atoms with E-state index >= 15 is 0 Å². The van der Waals surface area contributed by atoms with Crippen LogP contribution in [0.5, 0.6) is 6.01 Å². The minimum absolute atomic E-state index is 0. The summed E-state index contributed by atoms with van der Waals surface area (Å²) >= 11 is -2.29. The minimum atomic E-state index is -2.29. The molecule has 0 saturated carbocycles. The van der Waals surface area contributed by atoms with Gasteiger partial charge in [0.1, 0.15) is 24.4 Å². The SMILES string of the molecule is CO[C@@H]1O[C@@H](CO)[C@@H](O[C@@H]2OC(CO)[C@@H](C)[C@H](O)C2O)C(O)C1Oc1nc(NCCS(=O)[O-])nc(N2CCOCC2)n1.[Na+]. The molecular weight excluding hydrogens is 609 g/mol. The Balaban J connectivity index is 0.00000506. The first-order valence-electron chi connectivity index (χ1n) is 13.5. The van der Waals surface area contributed by atoms with Crippen LogP contribution >= 0.6 is 0 Å². The van der Waals surface area contributed by atoms with Crippen molar-refractivity contribution >= 4 is 23.0 Å². The van der Waals surface area contributed by atoms with Crippen molar-refractivity contribution in [2.24, 2.45) is 5.92 Å². The summed E-state index contributed by atoms with van der Waals surface area (Å²) in [7, 11) is 1.30. The van der Waals surface area contributed by atoms with E-state index in [9.17, 15) is 34.3 Å². The molecule has 0 aromatic carbocycles. The average molecular weight is 648 g/mol. The largest absolute Gasteiger partial charge is 1.00 e. The number of anilines is 2. The summed E-state index contributed by atoms with van der Waals surface area (Å²) in [4.78, 5) is 14.7. The smallest absolute Gasteiger partial charge is 0.772 e. The predicted molar refractivity (Wildman–Crippen MR) is 140 cm³/mol. The first-order valence-corrected chi connectivity index (χ1v) is 14.7. The Morgan fingerprint density at radius 2 is 1.67 bits per heavy atom. The Kier molecular flexibility index (Phi) is 14.6. The molecule has 18 nitrogen and oxygen atoms in total. The summed E-state index contributed by atoms with van der Waals surface area (Å²) in [6.45, 7) is 2.33. The van der Waals surface area contributed by atoms with Crippen LogP contribution in [0.4, 0.5) is 11.9 Å². The maximum Gasteiger partial charge on any atom is 1.00 e. The van der Waals surface area contributed by atoms with Crippen molar-refractivity contribution < 1.29 is 92.3 Å². The molecule has 0 aliphatic carbocycles. The number of methoxy groups -OCH3 is 1. The molecule has 6 N–H and O–H groups in total. The first kappa shape index (κ1) is 36.6. The molecule has 3 aliphatic rings. The van der Waals surface area contributed by atoms with E-state index in [1.54, 1.807) is 6.92 Å². The molecule has 3 fully saturated rings. The fourth-order valence-corrected chi connectivity index (χ4v) is 5.09. The number of aliphatic hydroxyl groups excluding tert-OH is 5. The Morgan fingerprint density at radius 3 is 2.30 bits per heavy atom. The molecular formula is C23H38N5NaO13S. The van der Waals surface area contributed by atoms with Crippen LogP contribution in [0.2, 0.25) is 0 Å². The van der Waals surface area contributed by atoms with Gasteiger partial charge in [0.05, 0.1) is 38.6 Å². The Bertz CT molecular complexity index is 1030. The molecule has 3 saturated heterocycles. The van der Waals surface area contributed by atoms with Gasteiger partial charge in [-0.2, -0.15) is 15.0 Å². The fourth-order valence-electron chi connectivity index (χ4n) is 4.82. The van der Waals surface area contributed by atoms with E-state index in [1.807, 2.05) is 4.90 Å². The number of hydrogen-bond acceptors (Lipinski definition) is 18. The molecule has 4 rings (SSSR count). The molecule has 4 heterocycles. The van der Waals surface area contributed by atoms with Gasteiger partial charge in [0.15, 0.2) is 18.7 Å². The standard InChI is InChI=1S/C23H39N5O13S.Na/c1-11-12(9-29)38-19(15(32)14(11)31)40-17-13(10-30)39-20(36-2)18(16(17)33)41-23-26-21(24-3-8-42(34)35)25-22(27-23)28-4-6-37-7-5-28;/h11-20,29-33H,3-10H2,1-2H3,(H,34,35)(H,24,25,26,27);/q;+1/p-1/t11-,12?,13+,14+,15?,16?,17-,18?,19+,20-;/m1./s1. The number of aliphatic hydroxyl groups is 5. The van der Waals surface area contributed by atoms with E-state index in [4.69, 9.17) is 28.4 Å². The van der Waals surface area contributed by atoms with Crippen LogP contribution < -0.4 is 44.5 Å². The molecule has 3 aliphatic heterocycles. The van der Waals surface area contributed by atoms with Crippen molar-refractivity contribution in [1.29, 1.82) is 0 Å². The Morgan fingerprint density at radius 1 is 1.00 bits per heavy atom. The molecule has 5 unspecified atom stereocenters. The number of hydrogen-bond donors (Lipinski definition) is 6. The van der Waals surface area contributed by atoms with E-state index < -0.39 is 85.5 Å². The molecule has 240 valence electrons. The predicted octanol–water partition coefficient (Wildman–Crippen LogP) is -7.06. The summed E-state index contributed by atoms with van der Waals surface area (Å²) in [6.07, 6.45) is -11.9. The van der Waals surface area contributed by atoms with Crippen molar-refractivity contribution in [2.75, 3.05) is 69.1 Å². The summed E-state index contributed by atoms with van der Waals surface area (Å²) in [6, 6.07) is -0.258. The fraction of sp³-hybridized carbons (Fsp3) is 0.870. The van der Waals surface area contributed by atoms with Crippen molar-refractivity contribution in [3.8, 4) is 6.01 Å². The maximum absolute atomic E-state index is 11.4. The van der Waals surface area contributed by atoms with Gasteiger partial charge in [-0.05, 0) is 0 Å². The second-order valence-electron chi connectivity index (χ2n) is 9.98. The van der Waals surface area contributed by atoms with Crippen LogP contribution in [-0.2, 0) is 34.8 Å². The summed E-state index contributed by atoms with van der Waals surface area (Å²) in [5.41, 5.74) is 0. The topological polar surface area (TPSA) is 251 Å². The van der Waals surface area contributed by atoms with Crippen molar-refractivity contribution in [2.45, 2.75) is 62.2 Å². The van der Waals surface area contributed by atoms with Crippen LogP contribution in [0, 0.1) is 5.92 Å². The van der Waals surface area contributed by atoms with Gasteiger partial charge >= 0.3 is 35.6 Å². The molecule has 20 heteroatoms. The number of morpholine rings is 1. The van der Waals surface area contributed by atoms with Gasteiger partial charge in [0.2, 0.25) is 11.9 Å². The second kappa shape index (κ2) is 17.2. The molecule has 0 amide bonds. The van der Waals surface area contributed by atoms with Gasteiger partial charge in [0.25, 0.3) is 0 Å². The zero-order chi connectivity index (χ0) is 30.4. The zero-order valence-corrected chi connectivity index (χ0v) is 26.9. The molecule has 0 radical (unpaired) electrons. The van der Waals surface area contributed by atoms with E-state index in [-0.39, 0.29) is 59.8 Å². The normalized spacial score (nSPS) is 35.6. The molecule has 0 spiro atoms. The van der Waals surface area contributed by atoms with Gasteiger partial charge in [0, 0.05) is 38.4 Å². The van der Waals surface area contributed by atoms with Crippen molar-refractivity contribution in [1.82, 2.24) is 15.0 Å². The summed E-state index contributed by atoms with van der Waals surface area (Å²) < 4.78 is 55.9. The second-order valence-corrected chi connectivity index (χ2v) is 11.0. The van der Waals surface area contributed by atoms with Gasteiger partial charge in [-0.3, -0.25) is 4.21 Å². The van der Waals surface area contributed by atoms with E-state index in [0.717, 1.165) is 0 Å². The number of nitrogens with zero attached hydrogens (tertiary/aromatic N) is 4. The Hall–Kier alpha value is -0.880. The Labute approximate surface area is 272 Å². The quantitative estimate of drug-likeness (QED) is 0.0910. The van der Waals surface area contributed by atoms with E-state index in [1.165, 1.54) is 7.11 Å². The number of aromatic nitrogens is 3. The van der Waals surface area contributed by atoms with Crippen LogP contribution in [0.3, 0.4) is 0 Å². The molecule has 11 atom stereocenters. The zero-order valence-electron chi connectivity index (χ0n) is 24.1. The van der Waals surface area contributed by atoms with Crippen LogP contribution in [0.15, 0.2) is 0 Å². The third-order valence-electron chi connectivity index (χ3n) is 7.25. The molecule has 1 aromatic heterocycles. The van der Waals surface area contributed by atoms with E-state index in [0.29, 0.717) is 26.3 Å². The van der Waals surface area contributed by atoms with Crippen molar-refractivity contribution in [3.63, 3.8) is 0 Å². The monoisotopic (exact) mass is 647 g/mol. The van der Waals surface area contributed by atoms with Crippen LogP contribution in [-0.4, -0.2) is 163 Å². The number of ether oxygens (including phenoxy) is 6. The third-order valence-corrected chi connectivity index (χ3v) is 7.79. The number of rotatable bonds is 12. The van der Waals surface area contributed by atoms with E-state index in [2.05, 4.69) is 20.3 Å². The summed E-state index contributed by atoms with van der Waals surface area (Å²) in [5, 5.41) is 54.8. The third kappa shape index (κ3) is 9.11. The maximum atomic E-state index is 11.4. The minimum Gasteiger partial charge on any atom is -0.772 e. The average Bonchev–Trinajstić information content (AvgIpc) is 2.99. The summed E-state index contributed by atoms with van der Waals surface area (Å²) in [5.74, 6) is -0.574. The number of nitrogens with one attached hydrogen (secondary N) is 1. The van der Waals surface area contributed by atoms with Gasteiger partial charge in [-0.25, -0.2) is 0 Å². The van der Waals surface area contributed by atoms with Gasteiger partial charge in [-0.15, -0.1) is 0 Å². The molecule has 43 heavy (non-hydrogen) atoms. The van der Waals surface area contributed by atoms with Crippen molar-refractivity contribution in [3.05, 3.63) is 0 Å². The molecule has 1 aromatic rings. The van der Waals surface area contributed by atoms with Gasteiger partial charge in [-0.1, -0.05) is 18.0 Å². The van der Waals surface area contributed by atoms with Crippen LogP contribution in [0.1, 0.15) is 6.92 Å². The van der Waals surface area contributed by atoms with Crippen LogP contribution in [0.25, 0.3) is 0 Å².